The quantitative estimate of drug-likeness (QED) is 0.577. The van der Waals surface area contributed by atoms with Crippen molar-refractivity contribution in [3.63, 3.8) is 0 Å². The Morgan fingerprint density at radius 3 is 2.60 bits per heavy atom. The normalized spacial score (nSPS) is 10.8. The van der Waals surface area contributed by atoms with Crippen LogP contribution in [0.2, 0.25) is 0 Å². The fourth-order valence-corrected chi connectivity index (χ4v) is 1.99. The first-order chi connectivity index (χ1) is 9.26. The number of carbonyl (C=O) groups is 1. The molecule has 0 radical (unpaired) electrons. The Hall–Kier alpha value is -1.50. The van der Waals surface area contributed by atoms with Crippen LogP contribution < -0.4 is 4.74 Å². The molecule has 0 saturated carbocycles. The minimum absolute atomic E-state index is 0.108. The molecule has 0 saturated heterocycles. The highest BCUT2D eigenvalue weighted by Crippen LogP contribution is 2.30. The number of esters is 1. The van der Waals surface area contributed by atoms with Gasteiger partial charge in [0.25, 0.3) is 0 Å². The highest BCUT2D eigenvalue weighted by molar-refractivity contribution is 14.1. The van der Waals surface area contributed by atoms with Crippen molar-refractivity contribution in [1.29, 1.82) is 5.26 Å². The average molecular weight is 399 g/mol. The number of alkyl halides is 3. The van der Waals surface area contributed by atoms with Gasteiger partial charge in [-0.2, -0.15) is 5.26 Å². The summed E-state index contributed by atoms with van der Waals surface area (Å²) >= 11 is 1.62. The Balaban J connectivity index is 3.12. The molecule has 0 unspecified atom stereocenters. The van der Waals surface area contributed by atoms with Crippen LogP contribution in [0.1, 0.15) is 18.1 Å². The molecule has 0 aromatic heterocycles. The Kier molecular flexibility index (Phi) is 5.62. The van der Waals surface area contributed by atoms with Crippen LogP contribution in [0.4, 0.5) is 13.2 Å². The van der Waals surface area contributed by atoms with Crippen molar-refractivity contribution in [2.45, 2.75) is 19.7 Å². The summed E-state index contributed by atoms with van der Waals surface area (Å²) in [6.07, 6.45) is -5.13. The predicted molar refractivity (Wildman–Crippen MR) is 70.9 cm³/mol. The lowest BCUT2D eigenvalue weighted by molar-refractivity contribution is -0.275. The number of hydrogen-bond acceptors (Lipinski definition) is 4. The van der Waals surface area contributed by atoms with Crippen molar-refractivity contribution >= 4 is 28.6 Å². The van der Waals surface area contributed by atoms with Crippen molar-refractivity contribution in [1.82, 2.24) is 0 Å². The van der Waals surface area contributed by atoms with Crippen molar-refractivity contribution in [3.8, 4) is 11.8 Å². The number of ether oxygens (including phenoxy) is 2. The number of carbonyl (C=O) groups excluding carboxylic acids is 1. The van der Waals surface area contributed by atoms with Crippen LogP contribution in [0.3, 0.4) is 0 Å². The van der Waals surface area contributed by atoms with E-state index in [1.165, 1.54) is 6.07 Å². The zero-order valence-corrected chi connectivity index (χ0v) is 12.4. The molecule has 0 aliphatic rings. The van der Waals surface area contributed by atoms with Gasteiger partial charge < -0.3 is 9.47 Å². The standard InChI is InChI=1S/C12H9F3INO3/c1-2-19-11(18)5-7-4-10(20-12(13,14)15)9(16)3-8(7)6-17/h3-4H,2,5H2,1H3. The lowest BCUT2D eigenvalue weighted by atomic mass is 10.1. The molecule has 4 nitrogen and oxygen atoms in total. The van der Waals surface area contributed by atoms with Gasteiger partial charge in [0.1, 0.15) is 5.75 Å². The Labute approximate surface area is 126 Å². The summed E-state index contributed by atoms with van der Waals surface area (Å²) in [5.74, 6) is -1.07. The van der Waals surface area contributed by atoms with Gasteiger partial charge in [0.05, 0.1) is 28.2 Å². The van der Waals surface area contributed by atoms with E-state index >= 15 is 0 Å². The van der Waals surface area contributed by atoms with E-state index in [1.807, 2.05) is 6.07 Å². The summed E-state index contributed by atoms with van der Waals surface area (Å²) in [4.78, 5) is 11.4. The van der Waals surface area contributed by atoms with Crippen molar-refractivity contribution in [3.05, 3.63) is 26.8 Å². The van der Waals surface area contributed by atoms with Gasteiger partial charge >= 0.3 is 12.3 Å². The zero-order valence-electron chi connectivity index (χ0n) is 10.3. The molecule has 1 aromatic carbocycles. The maximum absolute atomic E-state index is 12.2. The third kappa shape index (κ3) is 4.88. The van der Waals surface area contributed by atoms with E-state index in [0.29, 0.717) is 0 Å². The first-order valence-corrected chi connectivity index (χ1v) is 6.48. The van der Waals surface area contributed by atoms with Gasteiger partial charge in [-0.1, -0.05) is 0 Å². The first-order valence-electron chi connectivity index (χ1n) is 5.40. The summed E-state index contributed by atoms with van der Waals surface area (Å²) in [7, 11) is 0. The number of halogens is 4. The minimum Gasteiger partial charge on any atom is -0.466 e. The fourth-order valence-electron chi connectivity index (χ4n) is 1.42. The minimum atomic E-state index is -4.84. The van der Waals surface area contributed by atoms with E-state index in [4.69, 9.17) is 10.00 Å². The smallest absolute Gasteiger partial charge is 0.466 e. The van der Waals surface area contributed by atoms with Crippen LogP contribution in [-0.2, 0) is 16.0 Å². The number of hydrogen-bond donors (Lipinski definition) is 0. The molecule has 0 N–H and O–H groups in total. The molecule has 0 fully saturated rings. The maximum Gasteiger partial charge on any atom is 0.573 e. The molecule has 20 heavy (non-hydrogen) atoms. The van der Waals surface area contributed by atoms with Gasteiger partial charge in [-0.15, -0.1) is 13.2 Å². The Bertz CT molecular complexity index is 552. The number of nitriles is 1. The largest absolute Gasteiger partial charge is 0.573 e. The molecule has 1 rings (SSSR count). The van der Waals surface area contributed by atoms with Crippen LogP contribution in [0, 0.1) is 14.9 Å². The van der Waals surface area contributed by atoms with Gasteiger partial charge in [-0.3, -0.25) is 4.79 Å². The molecule has 0 aliphatic carbocycles. The first kappa shape index (κ1) is 16.6. The molecule has 8 heteroatoms. The SMILES string of the molecule is CCOC(=O)Cc1cc(OC(F)(F)F)c(I)cc1C#N. The highest BCUT2D eigenvalue weighted by atomic mass is 127. The monoisotopic (exact) mass is 399 g/mol. The van der Waals surface area contributed by atoms with Crippen LogP contribution in [0.25, 0.3) is 0 Å². The molecular formula is C12H9F3INO3. The van der Waals surface area contributed by atoms with Gasteiger partial charge in [-0.05, 0) is 47.2 Å². The third-order valence-electron chi connectivity index (χ3n) is 2.14. The van der Waals surface area contributed by atoms with E-state index < -0.39 is 18.1 Å². The fraction of sp³-hybridized carbons (Fsp3) is 0.333. The summed E-state index contributed by atoms with van der Waals surface area (Å²) in [6.45, 7) is 1.76. The van der Waals surface area contributed by atoms with Gasteiger partial charge in [-0.25, -0.2) is 0 Å². The second kappa shape index (κ2) is 6.78. The number of rotatable bonds is 4. The summed E-state index contributed by atoms with van der Waals surface area (Å²) < 4.78 is 45.4. The molecular weight excluding hydrogens is 390 g/mol. The molecule has 0 atom stereocenters. The van der Waals surface area contributed by atoms with E-state index in [1.54, 1.807) is 29.5 Å². The predicted octanol–water partition coefficient (Wildman–Crippen LogP) is 3.17. The van der Waals surface area contributed by atoms with Gasteiger partial charge in [0.15, 0.2) is 0 Å². The molecule has 1 aromatic rings. The average Bonchev–Trinajstić information content (AvgIpc) is 2.31. The Morgan fingerprint density at radius 2 is 2.10 bits per heavy atom. The lowest BCUT2D eigenvalue weighted by Crippen LogP contribution is -2.18. The van der Waals surface area contributed by atoms with Crippen LogP contribution in [0.15, 0.2) is 12.1 Å². The molecule has 0 aliphatic heterocycles. The molecule has 0 amide bonds. The summed E-state index contributed by atoms with van der Waals surface area (Å²) in [5, 5.41) is 8.94. The molecule has 108 valence electrons. The van der Waals surface area contributed by atoms with E-state index in [-0.39, 0.29) is 27.7 Å². The Morgan fingerprint density at radius 1 is 1.45 bits per heavy atom. The highest BCUT2D eigenvalue weighted by Gasteiger charge is 2.32. The number of benzene rings is 1. The second-order valence-corrected chi connectivity index (χ2v) is 4.74. The van der Waals surface area contributed by atoms with E-state index in [2.05, 4.69) is 4.74 Å². The topological polar surface area (TPSA) is 59.3 Å². The van der Waals surface area contributed by atoms with Crippen LogP contribution >= 0.6 is 22.6 Å². The van der Waals surface area contributed by atoms with E-state index in [9.17, 15) is 18.0 Å². The van der Waals surface area contributed by atoms with Crippen molar-refractivity contribution in [2.24, 2.45) is 0 Å². The van der Waals surface area contributed by atoms with Gasteiger partial charge in [0.2, 0.25) is 0 Å². The summed E-state index contributed by atoms with van der Waals surface area (Å²) in [5.41, 5.74) is 0.239. The molecule has 0 bridgehead atoms. The van der Waals surface area contributed by atoms with Crippen LogP contribution in [-0.4, -0.2) is 18.9 Å². The third-order valence-corrected chi connectivity index (χ3v) is 2.99. The van der Waals surface area contributed by atoms with Crippen LogP contribution in [0.5, 0.6) is 5.75 Å². The van der Waals surface area contributed by atoms with Crippen molar-refractivity contribution < 1.29 is 27.4 Å². The van der Waals surface area contributed by atoms with E-state index in [0.717, 1.165) is 6.07 Å². The zero-order chi connectivity index (χ0) is 15.3. The summed E-state index contributed by atoms with van der Waals surface area (Å²) in [6, 6.07) is 4.09. The molecule has 0 spiro atoms. The van der Waals surface area contributed by atoms with Crippen molar-refractivity contribution in [2.75, 3.05) is 6.61 Å². The second-order valence-electron chi connectivity index (χ2n) is 3.58. The van der Waals surface area contributed by atoms with Gasteiger partial charge in [0, 0.05) is 0 Å². The lowest BCUT2D eigenvalue weighted by Gasteiger charge is -2.13. The maximum atomic E-state index is 12.2. The number of nitrogens with zero attached hydrogens (tertiary/aromatic N) is 1. The molecule has 0 heterocycles.